The van der Waals surface area contributed by atoms with Gasteiger partial charge in [0.1, 0.15) is 9.88 Å². The second kappa shape index (κ2) is 6.65. The van der Waals surface area contributed by atoms with Crippen molar-refractivity contribution in [3.05, 3.63) is 15.6 Å². The van der Waals surface area contributed by atoms with E-state index in [9.17, 15) is 9.90 Å². The Morgan fingerprint density at radius 2 is 2.10 bits per heavy atom. The SMILES string of the molecule is COCc1nc(C)c(C(=O)N(C)[C@@H](CO)C(C)(C)C)s1. The van der Waals surface area contributed by atoms with Crippen LogP contribution in [0, 0.1) is 12.3 Å². The number of amides is 1. The fraction of sp³-hybridized carbons (Fsp3) is 0.714. The normalized spacial score (nSPS) is 13.3. The summed E-state index contributed by atoms with van der Waals surface area (Å²) in [6, 6.07) is -0.234. The van der Waals surface area contributed by atoms with Gasteiger partial charge in [0.05, 0.1) is 24.9 Å². The van der Waals surface area contributed by atoms with Crippen LogP contribution in [-0.2, 0) is 11.3 Å². The van der Waals surface area contributed by atoms with Crippen molar-refractivity contribution >= 4 is 17.2 Å². The molecule has 20 heavy (non-hydrogen) atoms. The van der Waals surface area contributed by atoms with Gasteiger partial charge in [0.2, 0.25) is 0 Å². The lowest BCUT2D eigenvalue weighted by Gasteiger charge is -2.36. The molecule has 0 fully saturated rings. The fourth-order valence-corrected chi connectivity index (χ4v) is 3.13. The van der Waals surface area contributed by atoms with Crippen molar-refractivity contribution in [3.8, 4) is 0 Å². The average Bonchev–Trinajstić information content (AvgIpc) is 2.68. The van der Waals surface area contributed by atoms with E-state index >= 15 is 0 Å². The van der Waals surface area contributed by atoms with E-state index in [2.05, 4.69) is 4.98 Å². The Morgan fingerprint density at radius 3 is 2.55 bits per heavy atom. The predicted molar refractivity (Wildman–Crippen MR) is 80.0 cm³/mol. The molecule has 1 N–H and O–H groups in total. The molecule has 0 unspecified atom stereocenters. The molecule has 1 heterocycles. The number of ether oxygens (including phenoxy) is 1. The molecule has 1 amide bonds. The Balaban J connectivity index is 2.99. The number of rotatable bonds is 5. The number of aliphatic hydroxyl groups excluding tert-OH is 1. The third-order valence-electron chi connectivity index (χ3n) is 3.26. The molecule has 0 saturated carbocycles. The molecule has 6 heteroatoms. The van der Waals surface area contributed by atoms with Gasteiger partial charge in [-0.1, -0.05) is 20.8 Å². The molecule has 0 aliphatic rings. The third-order valence-corrected chi connectivity index (χ3v) is 4.38. The Kier molecular flexibility index (Phi) is 5.68. The highest BCUT2D eigenvalue weighted by Gasteiger charge is 2.32. The highest BCUT2D eigenvalue weighted by molar-refractivity contribution is 7.13. The van der Waals surface area contributed by atoms with Crippen molar-refractivity contribution in [2.24, 2.45) is 5.41 Å². The molecule has 1 atom stereocenters. The number of likely N-dealkylation sites (N-methyl/N-ethyl adjacent to an activating group) is 1. The summed E-state index contributed by atoms with van der Waals surface area (Å²) >= 11 is 1.35. The number of methoxy groups -OCH3 is 1. The van der Waals surface area contributed by atoms with Crippen molar-refractivity contribution in [2.75, 3.05) is 20.8 Å². The van der Waals surface area contributed by atoms with Crippen LogP contribution in [0.2, 0.25) is 0 Å². The Labute approximate surface area is 124 Å². The largest absolute Gasteiger partial charge is 0.394 e. The first kappa shape index (κ1) is 17.1. The highest BCUT2D eigenvalue weighted by Crippen LogP contribution is 2.27. The van der Waals surface area contributed by atoms with Gasteiger partial charge in [-0.15, -0.1) is 11.3 Å². The molecule has 1 rings (SSSR count). The molecule has 0 aliphatic heterocycles. The van der Waals surface area contributed by atoms with Crippen LogP contribution in [0.3, 0.4) is 0 Å². The number of aliphatic hydroxyl groups is 1. The maximum absolute atomic E-state index is 12.6. The van der Waals surface area contributed by atoms with E-state index in [1.54, 1.807) is 19.1 Å². The maximum Gasteiger partial charge on any atom is 0.265 e. The topological polar surface area (TPSA) is 62.7 Å². The smallest absolute Gasteiger partial charge is 0.265 e. The summed E-state index contributed by atoms with van der Waals surface area (Å²) in [7, 11) is 3.33. The van der Waals surface area contributed by atoms with E-state index in [4.69, 9.17) is 4.74 Å². The minimum Gasteiger partial charge on any atom is -0.394 e. The van der Waals surface area contributed by atoms with E-state index in [1.807, 2.05) is 27.7 Å². The van der Waals surface area contributed by atoms with Crippen LogP contribution >= 0.6 is 11.3 Å². The lowest BCUT2D eigenvalue weighted by atomic mass is 9.86. The van der Waals surface area contributed by atoms with Gasteiger partial charge in [-0.2, -0.15) is 0 Å². The third kappa shape index (κ3) is 3.77. The monoisotopic (exact) mass is 300 g/mol. The maximum atomic E-state index is 12.6. The molecule has 0 radical (unpaired) electrons. The zero-order valence-electron chi connectivity index (χ0n) is 13.1. The Hall–Kier alpha value is -0.980. The van der Waals surface area contributed by atoms with Crippen LogP contribution in [0.5, 0.6) is 0 Å². The van der Waals surface area contributed by atoms with E-state index in [0.29, 0.717) is 17.2 Å². The van der Waals surface area contributed by atoms with Gasteiger partial charge in [-0.3, -0.25) is 4.79 Å². The first-order valence-corrected chi connectivity index (χ1v) is 7.37. The second-order valence-electron chi connectivity index (χ2n) is 5.94. The average molecular weight is 300 g/mol. The minimum atomic E-state index is -0.234. The summed E-state index contributed by atoms with van der Waals surface area (Å²) in [6.45, 7) is 8.19. The minimum absolute atomic E-state index is 0.0610. The number of nitrogens with zero attached hydrogens (tertiary/aromatic N) is 2. The molecule has 1 aromatic heterocycles. The van der Waals surface area contributed by atoms with Crippen molar-refractivity contribution < 1.29 is 14.6 Å². The van der Waals surface area contributed by atoms with Gasteiger partial charge in [0.15, 0.2) is 0 Å². The summed E-state index contributed by atoms with van der Waals surface area (Å²) < 4.78 is 5.04. The van der Waals surface area contributed by atoms with Gasteiger partial charge in [-0.05, 0) is 12.3 Å². The van der Waals surface area contributed by atoms with Crippen molar-refractivity contribution in [3.63, 3.8) is 0 Å². The van der Waals surface area contributed by atoms with Crippen molar-refractivity contribution in [1.29, 1.82) is 0 Å². The van der Waals surface area contributed by atoms with E-state index in [0.717, 1.165) is 5.01 Å². The van der Waals surface area contributed by atoms with Crippen LogP contribution in [0.15, 0.2) is 0 Å². The fourth-order valence-electron chi connectivity index (χ4n) is 2.11. The Bertz CT molecular complexity index is 465. The van der Waals surface area contributed by atoms with Crippen molar-refractivity contribution in [2.45, 2.75) is 40.3 Å². The predicted octanol–water partition coefficient (Wildman–Crippen LogP) is 2.08. The summed E-state index contributed by atoms with van der Waals surface area (Å²) in [6.07, 6.45) is 0. The number of carbonyl (C=O) groups excluding carboxylic acids is 1. The second-order valence-corrected chi connectivity index (χ2v) is 7.02. The molecule has 0 aromatic carbocycles. The lowest BCUT2D eigenvalue weighted by molar-refractivity contribution is 0.0437. The van der Waals surface area contributed by atoms with Crippen LogP contribution < -0.4 is 0 Å². The highest BCUT2D eigenvalue weighted by atomic mass is 32.1. The van der Waals surface area contributed by atoms with Gasteiger partial charge in [0.25, 0.3) is 5.91 Å². The molecule has 0 bridgehead atoms. The number of aryl methyl sites for hydroxylation is 1. The van der Waals surface area contributed by atoms with Gasteiger partial charge >= 0.3 is 0 Å². The quantitative estimate of drug-likeness (QED) is 0.904. The lowest BCUT2D eigenvalue weighted by Crippen LogP contribution is -2.47. The van der Waals surface area contributed by atoms with E-state index < -0.39 is 0 Å². The van der Waals surface area contributed by atoms with E-state index in [1.165, 1.54) is 11.3 Å². The van der Waals surface area contributed by atoms with Crippen LogP contribution in [-0.4, -0.2) is 47.7 Å². The first-order chi connectivity index (χ1) is 9.22. The summed E-state index contributed by atoms with van der Waals surface area (Å²) in [5.74, 6) is -0.101. The van der Waals surface area contributed by atoms with Crippen LogP contribution in [0.4, 0.5) is 0 Å². The van der Waals surface area contributed by atoms with Crippen LogP contribution in [0.25, 0.3) is 0 Å². The van der Waals surface area contributed by atoms with Gasteiger partial charge in [0, 0.05) is 14.2 Å². The standard InChI is InChI=1S/C14H24N2O3S/c1-9-12(20-11(15-9)8-19-6)13(18)16(5)10(7-17)14(2,3)4/h10,17H,7-8H2,1-6H3/t10-/m0/s1. The number of aromatic nitrogens is 1. The Morgan fingerprint density at radius 1 is 1.50 bits per heavy atom. The molecular formula is C14H24N2O3S. The molecule has 5 nitrogen and oxygen atoms in total. The molecule has 114 valence electrons. The number of carbonyl (C=O) groups is 1. The molecule has 0 saturated heterocycles. The zero-order chi connectivity index (χ0) is 15.5. The molecular weight excluding hydrogens is 276 g/mol. The molecule has 0 spiro atoms. The van der Waals surface area contributed by atoms with Crippen LogP contribution in [0.1, 0.15) is 41.1 Å². The van der Waals surface area contributed by atoms with Gasteiger partial charge < -0.3 is 14.7 Å². The first-order valence-electron chi connectivity index (χ1n) is 6.55. The van der Waals surface area contributed by atoms with Crippen molar-refractivity contribution in [1.82, 2.24) is 9.88 Å². The number of hydrogen-bond acceptors (Lipinski definition) is 5. The van der Waals surface area contributed by atoms with Gasteiger partial charge in [-0.25, -0.2) is 4.98 Å². The molecule has 0 aliphatic carbocycles. The molecule has 1 aromatic rings. The zero-order valence-corrected chi connectivity index (χ0v) is 13.9. The summed E-state index contributed by atoms with van der Waals surface area (Å²) in [5, 5.41) is 10.4. The number of thiazole rings is 1. The van der Waals surface area contributed by atoms with E-state index in [-0.39, 0.29) is 24.0 Å². The number of hydrogen-bond donors (Lipinski definition) is 1. The summed E-state index contributed by atoms with van der Waals surface area (Å²) in [4.78, 5) is 19.1. The summed E-state index contributed by atoms with van der Waals surface area (Å²) in [5.41, 5.74) is 0.525.